The maximum absolute atomic E-state index is 10.4. The predicted octanol–water partition coefficient (Wildman–Crippen LogP) is 0.415. The Balaban J connectivity index is 4.67. The zero-order valence-corrected chi connectivity index (χ0v) is 7.90. The molecule has 0 spiro atoms. The summed E-state index contributed by atoms with van der Waals surface area (Å²) in [5.74, 6) is -0.144. The molecular weight excluding hydrogens is 174 g/mol. The molecule has 0 rings (SSSR count). The van der Waals surface area contributed by atoms with Crippen LogP contribution in [0.1, 0.15) is 20.8 Å². The van der Waals surface area contributed by atoms with E-state index in [2.05, 4.69) is 10.5 Å². The van der Waals surface area contributed by atoms with Crippen LogP contribution in [0.2, 0.25) is 0 Å². The van der Waals surface area contributed by atoms with E-state index in [0.717, 1.165) is 0 Å². The van der Waals surface area contributed by atoms with Gasteiger partial charge in [0.15, 0.2) is 5.84 Å². The normalized spacial score (nSPS) is 15.2. The molecule has 13 heavy (non-hydrogen) atoms. The summed E-state index contributed by atoms with van der Waals surface area (Å²) in [5.41, 5.74) is 4.89. The van der Waals surface area contributed by atoms with Crippen molar-refractivity contribution in [2.45, 2.75) is 26.8 Å². The number of oxime groups is 1. The molecule has 0 saturated carbocycles. The molecular formula is C7H15N3O3. The summed E-state index contributed by atoms with van der Waals surface area (Å²) in [6.45, 7) is 5.35. The lowest BCUT2D eigenvalue weighted by molar-refractivity contribution is 0.183. The molecule has 0 aliphatic rings. The number of amidine groups is 1. The van der Waals surface area contributed by atoms with Crippen LogP contribution in [0.5, 0.6) is 0 Å². The van der Waals surface area contributed by atoms with Crippen molar-refractivity contribution in [3.05, 3.63) is 0 Å². The second-order valence-corrected chi connectivity index (χ2v) is 3.77. The van der Waals surface area contributed by atoms with Crippen LogP contribution in [0.15, 0.2) is 5.16 Å². The van der Waals surface area contributed by atoms with E-state index in [-0.39, 0.29) is 5.84 Å². The first-order chi connectivity index (χ1) is 5.79. The fourth-order valence-corrected chi connectivity index (χ4v) is 0.915. The molecule has 6 nitrogen and oxygen atoms in total. The van der Waals surface area contributed by atoms with E-state index in [4.69, 9.17) is 16.0 Å². The van der Waals surface area contributed by atoms with Crippen molar-refractivity contribution in [2.75, 3.05) is 0 Å². The molecule has 1 atom stereocenters. The SMILES string of the molecule is CC(C)(C)C(NC(=O)O)C(N)=NO. The first-order valence-corrected chi connectivity index (χ1v) is 3.76. The maximum atomic E-state index is 10.4. The number of hydrogen-bond donors (Lipinski definition) is 4. The van der Waals surface area contributed by atoms with Crippen molar-refractivity contribution in [1.82, 2.24) is 5.32 Å². The summed E-state index contributed by atoms with van der Waals surface area (Å²) >= 11 is 0. The summed E-state index contributed by atoms with van der Waals surface area (Å²) in [6.07, 6.45) is -1.20. The first kappa shape index (κ1) is 11.5. The maximum Gasteiger partial charge on any atom is 0.405 e. The van der Waals surface area contributed by atoms with Crippen molar-refractivity contribution in [3.63, 3.8) is 0 Å². The number of amides is 1. The molecule has 0 aromatic heterocycles. The summed E-state index contributed by atoms with van der Waals surface area (Å²) in [5, 5.41) is 21.8. The zero-order chi connectivity index (χ0) is 10.6. The van der Waals surface area contributed by atoms with Crippen LogP contribution in [-0.4, -0.2) is 28.3 Å². The van der Waals surface area contributed by atoms with E-state index in [1.807, 2.05) is 0 Å². The van der Waals surface area contributed by atoms with Crippen LogP contribution < -0.4 is 11.1 Å². The predicted molar refractivity (Wildman–Crippen MR) is 47.8 cm³/mol. The van der Waals surface area contributed by atoms with E-state index in [1.54, 1.807) is 20.8 Å². The Morgan fingerprint density at radius 2 is 2.00 bits per heavy atom. The van der Waals surface area contributed by atoms with Gasteiger partial charge < -0.3 is 21.4 Å². The fraction of sp³-hybridized carbons (Fsp3) is 0.714. The Morgan fingerprint density at radius 3 is 2.23 bits per heavy atom. The number of carboxylic acid groups (broad SMARTS) is 1. The van der Waals surface area contributed by atoms with Gasteiger partial charge in [0.1, 0.15) is 0 Å². The number of nitrogens with one attached hydrogen (secondary N) is 1. The third kappa shape index (κ3) is 3.64. The van der Waals surface area contributed by atoms with Crippen molar-refractivity contribution >= 4 is 11.9 Å². The minimum Gasteiger partial charge on any atom is -0.465 e. The fourth-order valence-electron chi connectivity index (χ4n) is 0.915. The Bertz CT molecular complexity index is 220. The molecule has 0 aromatic rings. The molecule has 0 aliphatic heterocycles. The van der Waals surface area contributed by atoms with Crippen molar-refractivity contribution in [1.29, 1.82) is 0 Å². The zero-order valence-electron chi connectivity index (χ0n) is 7.90. The van der Waals surface area contributed by atoms with Gasteiger partial charge in [-0.1, -0.05) is 25.9 Å². The lowest BCUT2D eigenvalue weighted by Gasteiger charge is -2.28. The Morgan fingerprint density at radius 1 is 1.54 bits per heavy atom. The second-order valence-electron chi connectivity index (χ2n) is 3.77. The van der Waals surface area contributed by atoms with Gasteiger partial charge in [-0.05, 0) is 5.41 Å². The minimum atomic E-state index is -1.20. The Kier molecular flexibility index (Phi) is 3.53. The molecule has 0 aliphatic carbocycles. The lowest BCUT2D eigenvalue weighted by Crippen LogP contribution is -2.51. The smallest absolute Gasteiger partial charge is 0.405 e. The van der Waals surface area contributed by atoms with Gasteiger partial charge in [0.25, 0.3) is 0 Å². The van der Waals surface area contributed by atoms with Crippen molar-refractivity contribution < 1.29 is 15.1 Å². The molecule has 0 radical (unpaired) electrons. The molecule has 5 N–H and O–H groups in total. The first-order valence-electron chi connectivity index (χ1n) is 3.76. The average Bonchev–Trinajstić information content (AvgIpc) is 1.96. The van der Waals surface area contributed by atoms with Gasteiger partial charge in [-0.15, -0.1) is 0 Å². The summed E-state index contributed by atoms with van der Waals surface area (Å²) in [6, 6.07) is -0.699. The van der Waals surface area contributed by atoms with Gasteiger partial charge in [0.2, 0.25) is 0 Å². The second kappa shape index (κ2) is 3.97. The molecule has 1 unspecified atom stereocenters. The molecule has 0 aromatic carbocycles. The number of nitrogens with two attached hydrogens (primary N) is 1. The third-order valence-corrected chi connectivity index (χ3v) is 1.55. The highest BCUT2D eigenvalue weighted by Crippen LogP contribution is 2.19. The third-order valence-electron chi connectivity index (χ3n) is 1.55. The molecule has 0 heterocycles. The number of hydrogen-bond acceptors (Lipinski definition) is 3. The largest absolute Gasteiger partial charge is 0.465 e. The van der Waals surface area contributed by atoms with E-state index < -0.39 is 17.6 Å². The standard InChI is InChI=1S/C7H15N3O3/c1-7(2,3)4(5(8)10-13)9-6(11)12/h4,9,13H,1-3H3,(H2,8,10)(H,11,12). The van der Waals surface area contributed by atoms with Crippen LogP contribution in [-0.2, 0) is 0 Å². The minimum absolute atomic E-state index is 0.144. The van der Waals surface area contributed by atoms with E-state index >= 15 is 0 Å². The van der Waals surface area contributed by atoms with Crippen LogP contribution in [0, 0.1) is 5.41 Å². The summed E-state index contributed by atoms with van der Waals surface area (Å²) < 4.78 is 0. The van der Waals surface area contributed by atoms with E-state index in [0.29, 0.717) is 0 Å². The average molecular weight is 189 g/mol. The van der Waals surface area contributed by atoms with Gasteiger partial charge in [-0.25, -0.2) is 4.79 Å². The van der Waals surface area contributed by atoms with Gasteiger partial charge >= 0.3 is 6.09 Å². The molecule has 6 heteroatoms. The topological polar surface area (TPSA) is 108 Å². The summed E-state index contributed by atoms with van der Waals surface area (Å²) in [4.78, 5) is 10.4. The van der Waals surface area contributed by atoms with Crippen LogP contribution in [0.3, 0.4) is 0 Å². The molecule has 0 saturated heterocycles. The number of carbonyl (C=O) groups is 1. The van der Waals surface area contributed by atoms with Gasteiger partial charge in [-0.3, -0.25) is 0 Å². The quantitative estimate of drug-likeness (QED) is 0.218. The number of rotatable bonds is 2. The van der Waals surface area contributed by atoms with Crippen LogP contribution >= 0.6 is 0 Å². The van der Waals surface area contributed by atoms with Crippen molar-refractivity contribution in [2.24, 2.45) is 16.3 Å². The molecule has 0 fully saturated rings. The molecule has 76 valence electrons. The lowest BCUT2D eigenvalue weighted by atomic mass is 9.86. The van der Waals surface area contributed by atoms with Gasteiger partial charge in [0.05, 0.1) is 6.04 Å². The Labute approximate surface area is 76.4 Å². The highest BCUT2D eigenvalue weighted by atomic mass is 16.4. The van der Waals surface area contributed by atoms with Gasteiger partial charge in [-0.2, -0.15) is 0 Å². The van der Waals surface area contributed by atoms with Gasteiger partial charge in [0, 0.05) is 0 Å². The van der Waals surface area contributed by atoms with E-state index in [1.165, 1.54) is 0 Å². The molecule has 0 bridgehead atoms. The Hall–Kier alpha value is -1.46. The van der Waals surface area contributed by atoms with E-state index in [9.17, 15) is 4.79 Å². The summed E-state index contributed by atoms with van der Waals surface area (Å²) in [7, 11) is 0. The van der Waals surface area contributed by atoms with Crippen LogP contribution in [0.25, 0.3) is 0 Å². The highest BCUT2D eigenvalue weighted by molar-refractivity contribution is 5.88. The highest BCUT2D eigenvalue weighted by Gasteiger charge is 2.29. The van der Waals surface area contributed by atoms with Crippen LogP contribution in [0.4, 0.5) is 4.79 Å². The van der Waals surface area contributed by atoms with Crippen molar-refractivity contribution in [3.8, 4) is 0 Å². The molecule has 1 amide bonds. The monoisotopic (exact) mass is 189 g/mol. The number of nitrogens with zero attached hydrogens (tertiary/aromatic N) is 1.